The number of aliphatic hydroxyl groups excluding tert-OH is 1. The first-order valence-electron chi connectivity index (χ1n) is 7.59. The van der Waals surface area contributed by atoms with Crippen LogP contribution in [0.4, 0.5) is 0 Å². The normalized spacial score (nSPS) is 30.1. The Morgan fingerprint density at radius 1 is 1.42 bits per heavy atom. The highest BCUT2D eigenvalue weighted by Gasteiger charge is 2.39. The number of hydrogen-bond acceptors (Lipinski definition) is 3. The lowest BCUT2D eigenvalue weighted by Crippen LogP contribution is -2.48. The van der Waals surface area contributed by atoms with E-state index in [0.29, 0.717) is 11.3 Å². The molecule has 110 valence electrons. The van der Waals surface area contributed by atoms with Crippen molar-refractivity contribution in [2.45, 2.75) is 65.5 Å². The predicted molar refractivity (Wildman–Crippen MR) is 78.6 cm³/mol. The minimum Gasteiger partial charge on any atom is -0.395 e. The molecule has 0 aliphatic heterocycles. The molecule has 4 atom stereocenters. The fourth-order valence-electron chi connectivity index (χ4n) is 3.20. The first kappa shape index (κ1) is 16.5. The summed E-state index contributed by atoms with van der Waals surface area (Å²) in [5.74, 6) is 0.795. The van der Waals surface area contributed by atoms with Gasteiger partial charge in [-0.15, -0.1) is 0 Å². The van der Waals surface area contributed by atoms with E-state index >= 15 is 0 Å². The topological polar surface area (TPSA) is 47.3 Å². The molecule has 0 radical (unpaired) electrons. The van der Waals surface area contributed by atoms with Gasteiger partial charge in [0, 0.05) is 12.1 Å². The van der Waals surface area contributed by atoms with Crippen molar-refractivity contribution in [1.29, 1.82) is 5.26 Å². The maximum Gasteiger partial charge on any atom is 0.0672 e. The Labute approximate surface area is 118 Å². The lowest BCUT2D eigenvalue weighted by molar-refractivity contribution is 0.0327. The second kappa shape index (κ2) is 6.72. The summed E-state index contributed by atoms with van der Waals surface area (Å²) in [6.45, 7) is 9.13. The number of nitrogens with zero attached hydrogens (tertiary/aromatic N) is 2. The van der Waals surface area contributed by atoms with E-state index < -0.39 is 0 Å². The van der Waals surface area contributed by atoms with Gasteiger partial charge in [0.05, 0.1) is 18.6 Å². The molecule has 0 aromatic rings. The van der Waals surface area contributed by atoms with Crippen LogP contribution in [0.2, 0.25) is 0 Å². The standard InChI is InChI=1S/C16H30N2O/c1-6-16(3,4)14-8-7-13(10-17)15(9-14)18(5)12(2)11-19/h12-15,19H,6-9,11H2,1-5H3. The number of rotatable bonds is 5. The van der Waals surface area contributed by atoms with Crippen LogP contribution in [0.25, 0.3) is 0 Å². The maximum absolute atomic E-state index is 9.37. The Bertz CT molecular complexity index is 321. The largest absolute Gasteiger partial charge is 0.395 e. The van der Waals surface area contributed by atoms with Crippen molar-refractivity contribution in [2.75, 3.05) is 13.7 Å². The van der Waals surface area contributed by atoms with Crippen LogP contribution in [0.5, 0.6) is 0 Å². The zero-order valence-corrected chi connectivity index (χ0v) is 13.2. The Balaban J connectivity index is 2.83. The van der Waals surface area contributed by atoms with Crippen molar-refractivity contribution in [3.05, 3.63) is 0 Å². The molecule has 1 fully saturated rings. The SMILES string of the molecule is CCC(C)(C)C1CCC(C#N)C(N(C)C(C)CO)C1. The van der Waals surface area contributed by atoms with Gasteiger partial charge in [0.1, 0.15) is 0 Å². The third-order valence-electron chi connectivity index (χ3n) is 5.48. The molecule has 1 N–H and O–H groups in total. The number of hydrogen-bond donors (Lipinski definition) is 1. The molecule has 1 rings (SSSR count). The van der Waals surface area contributed by atoms with E-state index in [9.17, 15) is 10.4 Å². The van der Waals surface area contributed by atoms with Crippen LogP contribution in [0.1, 0.15) is 53.4 Å². The van der Waals surface area contributed by atoms with Gasteiger partial charge in [0.25, 0.3) is 0 Å². The van der Waals surface area contributed by atoms with Gasteiger partial charge in [0.2, 0.25) is 0 Å². The molecule has 0 spiro atoms. The van der Waals surface area contributed by atoms with Gasteiger partial charge in [-0.1, -0.05) is 27.2 Å². The van der Waals surface area contributed by atoms with Crippen molar-refractivity contribution in [3.8, 4) is 6.07 Å². The third kappa shape index (κ3) is 3.70. The van der Waals surface area contributed by atoms with Gasteiger partial charge in [0.15, 0.2) is 0 Å². The van der Waals surface area contributed by atoms with E-state index in [1.165, 1.54) is 6.42 Å². The molecular weight excluding hydrogens is 236 g/mol. The predicted octanol–water partition coefficient (Wildman–Crippen LogP) is 3.04. The van der Waals surface area contributed by atoms with Gasteiger partial charge in [-0.2, -0.15) is 5.26 Å². The Hall–Kier alpha value is -0.590. The van der Waals surface area contributed by atoms with Crippen molar-refractivity contribution in [1.82, 2.24) is 4.90 Å². The molecule has 0 aromatic heterocycles. The summed E-state index contributed by atoms with van der Waals surface area (Å²) in [6, 6.07) is 2.90. The maximum atomic E-state index is 9.37. The van der Waals surface area contributed by atoms with E-state index in [0.717, 1.165) is 19.3 Å². The smallest absolute Gasteiger partial charge is 0.0672 e. The highest BCUT2D eigenvalue weighted by molar-refractivity contribution is 5.00. The molecule has 4 unspecified atom stereocenters. The first-order chi connectivity index (χ1) is 8.87. The second-order valence-corrected chi connectivity index (χ2v) is 6.85. The average Bonchev–Trinajstić information content (AvgIpc) is 2.44. The second-order valence-electron chi connectivity index (χ2n) is 6.85. The van der Waals surface area contributed by atoms with Crippen LogP contribution in [0, 0.1) is 28.6 Å². The average molecular weight is 266 g/mol. The van der Waals surface area contributed by atoms with Crippen molar-refractivity contribution in [3.63, 3.8) is 0 Å². The van der Waals surface area contributed by atoms with E-state index in [1.807, 2.05) is 6.92 Å². The third-order valence-corrected chi connectivity index (χ3v) is 5.48. The molecule has 1 saturated carbocycles. The molecule has 1 aliphatic rings. The van der Waals surface area contributed by atoms with E-state index in [4.69, 9.17) is 0 Å². The summed E-state index contributed by atoms with van der Waals surface area (Å²) in [6.07, 6.45) is 4.43. The molecule has 0 bridgehead atoms. The molecule has 3 nitrogen and oxygen atoms in total. The molecule has 0 amide bonds. The Morgan fingerprint density at radius 2 is 2.05 bits per heavy atom. The van der Waals surface area contributed by atoms with E-state index in [1.54, 1.807) is 0 Å². The first-order valence-corrected chi connectivity index (χ1v) is 7.59. The molecular formula is C16H30N2O. The molecule has 0 saturated heterocycles. The van der Waals surface area contributed by atoms with Crippen LogP contribution in [-0.2, 0) is 0 Å². The van der Waals surface area contributed by atoms with Crippen molar-refractivity contribution >= 4 is 0 Å². The Morgan fingerprint density at radius 3 is 2.53 bits per heavy atom. The monoisotopic (exact) mass is 266 g/mol. The zero-order chi connectivity index (χ0) is 14.6. The van der Waals surface area contributed by atoms with Gasteiger partial charge in [-0.05, 0) is 44.6 Å². The van der Waals surface area contributed by atoms with Crippen LogP contribution >= 0.6 is 0 Å². The van der Waals surface area contributed by atoms with Crippen LogP contribution < -0.4 is 0 Å². The lowest BCUT2D eigenvalue weighted by atomic mass is 9.66. The van der Waals surface area contributed by atoms with Crippen molar-refractivity contribution in [2.24, 2.45) is 17.3 Å². The molecule has 19 heavy (non-hydrogen) atoms. The summed E-state index contributed by atoms with van der Waals surface area (Å²) in [5, 5.41) is 18.7. The Kier molecular flexibility index (Phi) is 5.82. The summed E-state index contributed by atoms with van der Waals surface area (Å²) >= 11 is 0. The van der Waals surface area contributed by atoms with Crippen molar-refractivity contribution < 1.29 is 5.11 Å². The minimum atomic E-state index is 0.114. The summed E-state index contributed by atoms with van der Waals surface area (Å²) in [7, 11) is 2.05. The minimum absolute atomic E-state index is 0.114. The van der Waals surface area contributed by atoms with Crippen LogP contribution in [0.15, 0.2) is 0 Å². The van der Waals surface area contributed by atoms with Gasteiger partial charge < -0.3 is 5.11 Å². The van der Waals surface area contributed by atoms with E-state index in [-0.39, 0.29) is 24.6 Å². The number of likely N-dealkylation sites (N-methyl/N-ethyl adjacent to an activating group) is 1. The lowest BCUT2D eigenvalue weighted by Gasteiger charge is -2.45. The molecule has 1 aliphatic carbocycles. The molecule has 0 heterocycles. The summed E-state index contributed by atoms with van der Waals surface area (Å²) in [5.41, 5.74) is 0.349. The molecule has 3 heteroatoms. The highest BCUT2D eigenvalue weighted by atomic mass is 16.3. The number of aliphatic hydroxyl groups is 1. The zero-order valence-electron chi connectivity index (χ0n) is 13.2. The fraction of sp³-hybridized carbons (Fsp3) is 0.938. The quantitative estimate of drug-likeness (QED) is 0.832. The van der Waals surface area contributed by atoms with Gasteiger partial charge in [-0.3, -0.25) is 4.90 Å². The van der Waals surface area contributed by atoms with Crippen LogP contribution in [-0.4, -0.2) is 35.7 Å². The van der Waals surface area contributed by atoms with Gasteiger partial charge >= 0.3 is 0 Å². The van der Waals surface area contributed by atoms with E-state index in [2.05, 4.69) is 38.8 Å². The van der Waals surface area contributed by atoms with Crippen LogP contribution in [0.3, 0.4) is 0 Å². The number of nitriles is 1. The molecule has 0 aromatic carbocycles. The highest BCUT2D eigenvalue weighted by Crippen LogP contribution is 2.43. The summed E-state index contributed by atoms with van der Waals surface area (Å²) < 4.78 is 0. The fourth-order valence-corrected chi connectivity index (χ4v) is 3.20. The summed E-state index contributed by atoms with van der Waals surface area (Å²) in [4.78, 5) is 2.21. The van der Waals surface area contributed by atoms with Gasteiger partial charge in [-0.25, -0.2) is 0 Å².